The van der Waals surface area contributed by atoms with E-state index >= 15 is 0 Å². The fourth-order valence-corrected chi connectivity index (χ4v) is 3.16. The van der Waals surface area contributed by atoms with E-state index in [0.717, 1.165) is 22.4 Å². The van der Waals surface area contributed by atoms with Crippen LogP contribution in [-0.4, -0.2) is 20.3 Å². The van der Waals surface area contributed by atoms with Gasteiger partial charge in [-0.1, -0.05) is 52.8 Å². The van der Waals surface area contributed by atoms with E-state index in [1.54, 1.807) is 0 Å². The first-order valence-corrected chi connectivity index (χ1v) is 9.68. The second-order valence-corrected chi connectivity index (χ2v) is 7.16. The van der Waals surface area contributed by atoms with Crippen LogP contribution >= 0.6 is 11.8 Å². The molecule has 0 saturated heterocycles. The number of hydrogen-bond acceptors (Lipinski definition) is 8. The summed E-state index contributed by atoms with van der Waals surface area (Å²) in [5.74, 6) is 2.69. The molecule has 0 radical (unpaired) electrons. The second-order valence-electron chi connectivity index (χ2n) is 6.24. The maximum Gasteiger partial charge on any atom is 0.277 e. The normalized spacial score (nSPS) is 10.9. The van der Waals surface area contributed by atoms with Crippen LogP contribution < -0.4 is 4.74 Å². The van der Waals surface area contributed by atoms with E-state index in [0.29, 0.717) is 28.6 Å². The molecule has 28 heavy (non-hydrogen) atoms. The fraction of sp³-hybridized carbons (Fsp3) is 0.200. The highest BCUT2D eigenvalue weighted by atomic mass is 32.2. The molecule has 0 spiro atoms. The van der Waals surface area contributed by atoms with E-state index < -0.39 is 0 Å². The predicted octanol–water partition coefficient (Wildman–Crippen LogP) is 4.61. The molecule has 0 bridgehead atoms. The van der Waals surface area contributed by atoms with Crippen molar-refractivity contribution in [1.29, 1.82) is 0 Å². The first-order chi connectivity index (χ1) is 13.7. The number of nitrogens with zero attached hydrogens (tertiary/aromatic N) is 4. The third-order valence-corrected chi connectivity index (χ3v) is 4.67. The zero-order valence-electron chi connectivity index (χ0n) is 15.5. The summed E-state index contributed by atoms with van der Waals surface area (Å²) in [5.41, 5.74) is 3.20. The third-order valence-electron chi connectivity index (χ3n) is 3.86. The van der Waals surface area contributed by atoms with Crippen LogP contribution in [0.4, 0.5) is 0 Å². The number of ether oxygens (including phenoxy) is 1. The summed E-state index contributed by atoms with van der Waals surface area (Å²) in [7, 11) is 0. The number of thioether (sulfide) groups is 1. The summed E-state index contributed by atoms with van der Waals surface area (Å²) in [4.78, 5) is 4.41. The molecule has 0 saturated carbocycles. The van der Waals surface area contributed by atoms with E-state index in [4.69, 9.17) is 13.7 Å². The quantitative estimate of drug-likeness (QED) is 0.420. The van der Waals surface area contributed by atoms with Crippen LogP contribution in [0.5, 0.6) is 5.75 Å². The van der Waals surface area contributed by atoms with Crippen molar-refractivity contribution in [3.63, 3.8) is 0 Å². The molecule has 0 unspecified atom stereocenters. The van der Waals surface area contributed by atoms with Gasteiger partial charge in [0.1, 0.15) is 5.75 Å². The zero-order chi connectivity index (χ0) is 19.3. The molecule has 0 aliphatic heterocycles. The van der Waals surface area contributed by atoms with Crippen molar-refractivity contribution in [2.75, 3.05) is 0 Å². The summed E-state index contributed by atoms with van der Waals surface area (Å²) in [6, 6.07) is 15.7. The minimum atomic E-state index is 0.217. The lowest BCUT2D eigenvalue weighted by Crippen LogP contribution is -1.95. The summed E-state index contributed by atoms with van der Waals surface area (Å²) >= 11 is 1.34. The van der Waals surface area contributed by atoms with Crippen LogP contribution in [0.2, 0.25) is 0 Å². The topological polar surface area (TPSA) is 87.1 Å². The highest BCUT2D eigenvalue weighted by Crippen LogP contribution is 2.23. The van der Waals surface area contributed by atoms with Gasteiger partial charge < -0.3 is 13.7 Å². The molecule has 4 rings (SSSR count). The van der Waals surface area contributed by atoms with Gasteiger partial charge in [-0.25, -0.2) is 0 Å². The molecule has 2 heterocycles. The van der Waals surface area contributed by atoms with Crippen molar-refractivity contribution >= 4 is 11.8 Å². The lowest BCUT2D eigenvalue weighted by molar-refractivity contribution is 0.252. The van der Waals surface area contributed by atoms with Gasteiger partial charge in [-0.05, 0) is 37.6 Å². The van der Waals surface area contributed by atoms with Crippen molar-refractivity contribution in [1.82, 2.24) is 20.3 Å². The number of rotatable bonds is 7. The Morgan fingerprint density at radius 1 is 0.964 bits per heavy atom. The number of hydrogen-bond donors (Lipinski definition) is 0. The van der Waals surface area contributed by atoms with Crippen LogP contribution in [-0.2, 0) is 12.4 Å². The molecule has 7 nitrogen and oxygen atoms in total. The Kier molecular flexibility index (Phi) is 5.38. The van der Waals surface area contributed by atoms with Gasteiger partial charge in [0.2, 0.25) is 11.7 Å². The van der Waals surface area contributed by atoms with Crippen molar-refractivity contribution in [2.45, 2.75) is 31.4 Å². The number of aryl methyl sites for hydroxylation is 2. The highest BCUT2D eigenvalue weighted by Gasteiger charge is 2.12. The van der Waals surface area contributed by atoms with Crippen LogP contribution in [0.3, 0.4) is 0 Å². The van der Waals surface area contributed by atoms with Crippen LogP contribution in [0.15, 0.2) is 62.7 Å². The van der Waals surface area contributed by atoms with Gasteiger partial charge in [0.05, 0.1) is 5.75 Å². The smallest absolute Gasteiger partial charge is 0.277 e. The Morgan fingerprint density at radius 2 is 1.79 bits per heavy atom. The Labute approximate surface area is 166 Å². The average Bonchev–Trinajstić information content (AvgIpc) is 3.34. The zero-order valence-corrected chi connectivity index (χ0v) is 16.3. The van der Waals surface area contributed by atoms with Gasteiger partial charge in [-0.3, -0.25) is 0 Å². The maximum absolute atomic E-state index is 5.66. The summed E-state index contributed by atoms with van der Waals surface area (Å²) < 4.78 is 16.6. The monoisotopic (exact) mass is 394 g/mol. The molecule has 0 aliphatic rings. The predicted molar refractivity (Wildman–Crippen MR) is 104 cm³/mol. The maximum atomic E-state index is 5.66. The number of benzene rings is 2. The fourth-order valence-electron chi connectivity index (χ4n) is 2.54. The molecule has 2 aromatic carbocycles. The van der Waals surface area contributed by atoms with Crippen LogP contribution in [0.25, 0.3) is 11.4 Å². The lowest BCUT2D eigenvalue weighted by Gasteiger charge is -2.03. The van der Waals surface area contributed by atoms with Crippen molar-refractivity contribution < 1.29 is 13.7 Å². The van der Waals surface area contributed by atoms with Gasteiger partial charge in [-0.15, -0.1) is 10.2 Å². The van der Waals surface area contributed by atoms with E-state index in [1.807, 2.05) is 62.4 Å². The third kappa shape index (κ3) is 4.58. The van der Waals surface area contributed by atoms with Crippen molar-refractivity contribution in [3.05, 3.63) is 71.4 Å². The van der Waals surface area contributed by atoms with E-state index in [9.17, 15) is 0 Å². The molecule has 2 aromatic heterocycles. The molecular formula is C20H18N4O3S. The molecule has 0 aliphatic carbocycles. The molecule has 0 amide bonds. The van der Waals surface area contributed by atoms with Gasteiger partial charge in [0.25, 0.3) is 11.1 Å². The van der Waals surface area contributed by atoms with Crippen LogP contribution in [0, 0.1) is 13.8 Å². The van der Waals surface area contributed by atoms with Gasteiger partial charge >= 0.3 is 0 Å². The molecule has 142 valence electrons. The standard InChI is InChI=1S/C20H18N4O3S/c1-13-5-3-7-15(9-13)19-21-18(27-24-19)12-28-20-23-22-17(26-20)11-25-16-8-4-6-14(2)10-16/h3-10H,11-12H2,1-2H3. The van der Waals surface area contributed by atoms with E-state index in [1.165, 1.54) is 11.8 Å². The van der Waals surface area contributed by atoms with Gasteiger partial charge in [0, 0.05) is 5.56 Å². The molecule has 0 N–H and O–H groups in total. The second kappa shape index (κ2) is 8.26. The molecule has 8 heteroatoms. The van der Waals surface area contributed by atoms with Crippen LogP contribution in [0.1, 0.15) is 22.9 Å². The van der Waals surface area contributed by atoms with Gasteiger partial charge in [0.15, 0.2) is 6.61 Å². The first-order valence-electron chi connectivity index (χ1n) is 8.70. The Balaban J connectivity index is 1.32. The average molecular weight is 394 g/mol. The Morgan fingerprint density at radius 3 is 2.61 bits per heavy atom. The van der Waals surface area contributed by atoms with Gasteiger partial charge in [-0.2, -0.15) is 4.98 Å². The summed E-state index contributed by atoms with van der Waals surface area (Å²) in [6.45, 7) is 4.25. The van der Waals surface area contributed by atoms with Crippen molar-refractivity contribution in [3.8, 4) is 17.1 Å². The van der Waals surface area contributed by atoms with E-state index in [2.05, 4.69) is 20.3 Å². The van der Waals surface area contributed by atoms with E-state index in [-0.39, 0.29) is 6.61 Å². The highest BCUT2D eigenvalue weighted by molar-refractivity contribution is 7.98. The Hall–Kier alpha value is -3.13. The largest absolute Gasteiger partial charge is 0.484 e. The molecule has 0 fully saturated rings. The minimum Gasteiger partial charge on any atom is -0.484 e. The molecule has 4 aromatic rings. The van der Waals surface area contributed by atoms with Crippen molar-refractivity contribution in [2.24, 2.45) is 0 Å². The molecule has 0 atom stereocenters. The molecular weight excluding hydrogens is 376 g/mol. The lowest BCUT2D eigenvalue weighted by atomic mass is 10.1. The minimum absolute atomic E-state index is 0.217. The number of aromatic nitrogens is 4. The first kappa shape index (κ1) is 18.2. The summed E-state index contributed by atoms with van der Waals surface area (Å²) in [5, 5.41) is 12.5. The Bertz CT molecular complexity index is 1080. The SMILES string of the molecule is Cc1cccc(OCc2nnc(SCc3nc(-c4cccc(C)c4)no3)o2)c1. The summed E-state index contributed by atoms with van der Waals surface area (Å²) in [6.07, 6.45) is 0.